The minimum atomic E-state index is -0.260. The summed E-state index contributed by atoms with van der Waals surface area (Å²) in [5.41, 5.74) is 1.13. The Labute approximate surface area is 192 Å². The molecule has 3 aliphatic rings. The molecule has 7 heteroatoms. The molecule has 1 unspecified atom stereocenters. The number of hydrogen-bond donors (Lipinski definition) is 1. The molecule has 1 N–H and O–H groups in total. The highest BCUT2D eigenvalue weighted by molar-refractivity contribution is 7.17. The van der Waals surface area contributed by atoms with Crippen LogP contribution in [0.2, 0.25) is 0 Å². The van der Waals surface area contributed by atoms with Gasteiger partial charge in [0, 0.05) is 49.8 Å². The molecular formula is C25H29FN4OS. The van der Waals surface area contributed by atoms with Gasteiger partial charge in [-0.3, -0.25) is 0 Å². The quantitative estimate of drug-likeness (QED) is 0.587. The van der Waals surface area contributed by atoms with Crippen molar-refractivity contribution >= 4 is 27.2 Å². The number of benzene rings is 1. The van der Waals surface area contributed by atoms with Gasteiger partial charge in [0.05, 0.1) is 4.70 Å². The van der Waals surface area contributed by atoms with E-state index in [1.165, 1.54) is 51.4 Å². The number of aromatic nitrogens is 2. The topological polar surface area (TPSA) is 50.3 Å². The van der Waals surface area contributed by atoms with Gasteiger partial charge >= 0.3 is 0 Å². The number of thiophene rings is 1. The van der Waals surface area contributed by atoms with Gasteiger partial charge in [-0.15, -0.1) is 21.5 Å². The zero-order chi connectivity index (χ0) is 21.5. The van der Waals surface area contributed by atoms with Gasteiger partial charge in [-0.25, -0.2) is 4.39 Å². The maximum atomic E-state index is 14.4. The summed E-state index contributed by atoms with van der Waals surface area (Å²) in [4.78, 5) is 2.70. The zero-order valence-corrected chi connectivity index (χ0v) is 19.0. The first kappa shape index (κ1) is 20.5. The van der Waals surface area contributed by atoms with E-state index in [9.17, 15) is 4.39 Å². The van der Waals surface area contributed by atoms with E-state index in [4.69, 9.17) is 4.74 Å². The number of rotatable bonds is 5. The minimum absolute atomic E-state index is 0.260. The highest BCUT2D eigenvalue weighted by atomic mass is 32.1. The highest BCUT2D eigenvalue weighted by Crippen LogP contribution is 2.41. The molecule has 6 rings (SSSR count). The summed E-state index contributed by atoms with van der Waals surface area (Å²) in [6, 6.07) is 9.26. The molecule has 2 saturated heterocycles. The maximum Gasteiger partial charge on any atom is 0.166 e. The van der Waals surface area contributed by atoms with Crippen LogP contribution in [0.3, 0.4) is 0 Å². The Morgan fingerprint density at radius 3 is 2.62 bits per heavy atom. The Hall–Kier alpha value is -2.09. The van der Waals surface area contributed by atoms with Crippen LogP contribution in [-0.4, -0.2) is 54.0 Å². The van der Waals surface area contributed by atoms with E-state index in [0.717, 1.165) is 46.9 Å². The lowest BCUT2D eigenvalue weighted by Gasteiger charge is -2.27. The number of fused-ring (bicyclic) bond motifs is 2. The molecule has 4 heterocycles. The summed E-state index contributed by atoms with van der Waals surface area (Å²) in [7, 11) is 0. The third-order valence-electron chi connectivity index (χ3n) is 7.54. The van der Waals surface area contributed by atoms with E-state index >= 15 is 0 Å². The van der Waals surface area contributed by atoms with E-state index in [0.29, 0.717) is 17.3 Å². The molecule has 3 fully saturated rings. The first-order chi connectivity index (χ1) is 15.7. The van der Waals surface area contributed by atoms with E-state index < -0.39 is 0 Å². The molecule has 3 atom stereocenters. The molecule has 0 amide bonds. The molecule has 0 radical (unpaired) electrons. The lowest BCUT2D eigenvalue weighted by atomic mass is 10.00. The van der Waals surface area contributed by atoms with Crippen LogP contribution in [0.5, 0.6) is 0 Å². The van der Waals surface area contributed by atoms with Crippen molar-refractivity contribution in [2.24, 2.45) is 17.8 Å². The fourth-order valence-corrected chi connectivity index (χ4v) is 6.82. The SMILES string of the molecule is Fc1ccccc1-c1nnc(N[C@@H]2CC3CN(CC4CCOCC4)C[C@H]3C2)c2sccc12. The zero-order valence-electron chi connectivity index (χ0n) is 18.2. The lowest BCUT2D eigenvalue weighted by Crippen LogP contribution is -2.32. The molecule has 2 aliphatic heterocycles. The molecule has 168 valence electrons. The molecule has 1 aromatic carbocycles. The van der Waals surface area contributed by atoms with E-state index in [2.05, 4.69) is 20.4 Å². The third kappa shape index (κ3) is 3.91. The van der Waals surface area contributed by atoms with Crippen LogP contribution < -0.4 is 5.32 Å². The summed E-state index contributed by atoms with van der Waals surface area (Å²) in [6.45, 7) is 5.57. The van der Waals surface area contributed by atoms with Crippen LogP contribution in [0.25, 0.3) is 21.3 Å². The van der Waals surface area contributed by atoms with Crippen LogP contribution in [0.1, 0.15) is 25.7 Å². The normalized spacial score (nSPS) is 26.6. The third-order valence-corrected chi connectivity index (χ3v) is 8.46. The molecule has 32 heavy (non-hydrogen) atoms. The van der Waals surface area contributed by atoms with E-state index in [-0.39, 0.29) is 5.82 Å². The van der Waals surface area contributed by atoms with Gasteiger partial charge in [-0.05, 0) is 67.0 Å². The molecular weight excluding hydrogens is 423 g/mol. The molecule has 2 aromatic heterocycles. The first-order valence-electron chi connectivity index (χ1n) is 11.8. The van der Waals surface area contributed by atoms with Crippen molar-refractivity contribution in [3.63, 3.8) is 0 Å². The van der Waals surface area contributed by atoms with Crippen LogP contribution in [0.4, 0.5) is 10.2 Å². The maximum absolute atomic E-state index is 14.4. The van der Waals surface area contributed by atoms with Gasteiger partial charge in [-0.2, -0.15) is 0 Å². The number of hydrogen-bond acceptors (Lipinski definition) is 6. The first-order valence-corrected chi connectivity index (χ1v) is 12.7. The summed E-state index contributed by atoms with van der Waals surface area (Å²) >= 11 is 1.65. The van der Waals surface area contributed by atoms with Crippen molar-refractivity contribution < 1.29 is 9.13 Å². The molecule has 0 bridgehead atoms. The molecule has 5 nitrogen and oxygen atoms in total. The van der Waals surface area contributed by atoms with Crippen LogP contribution in [0, 0.1) is 23.6 Å². The lowest BCUT2D eigenvalue weighted by molar-refractivity contribution is 0.0545. The van der Waals surface area contributed by atoms with Crippen LogP contribution in [-0.2, 0) is 4.74 Å². The van der Waals surface area contributed by atoms with Gasteiger partial charge < -0.3 is 15.0 Å². The average Bonchev–Trinajstić information content (AvgIpc) is 3.51. The Morgan fingerprint density at radius 1 is 1.06 bits per heavy atom. The predicted molar refractivity (Wildman–Crippen MR) is 126 cm³/mol. The van der Waals surface area contributed by atoms with Gasteiger partial charge in [0.25, 0.3) is 0 Å². The van der Waals surface area contributed by atoms with Crippen LogP contribution in [0.15, 0.2) is 35.7 Å². The average molecular weight is 453 g/mol. The standard InChI is InChI=1S/C25H29FN4OS/c26-22-4-2-1-3-20(22)23-21-7-10-32-24(21)25(29-28-23)27-19-11-17-14-30(15-18(17)12-19)13-16-5-8-31-9-6-16/h1-4,7,10,16-19H,5-6,8-9,11-15H2,(H,27,29)/t17-,18?,19+/m1/s1. The fourth-order valence-electron chi connectivity index (χ4n) is 5.98. The molecule has 3 aromatic rings. The Morgan fingerprint density at radius 2 is 1.84 bits per heavy atom. The number of anilines is 1. The van der Waals surface area contributed by atoms with Crippen molar-refractivity contribution in [3.8, 4) is 11.3 Å². The van der Waals surface area contributed by atoms with Crippen molar-refractivity contribution in [1.29, 1.82) is 0 Å². The summed E-state index contributed by atoms with van der Waals surface area (Å²) in [5.74, 6) is 2.95. The van der Waals surface area contributed by atoms with E-state index in [1.807, 2.05) is 17.5 Å². The van der Waals surface area contributed by atoms with Gasteiger partial charge in [0.15, 0.2) is 5.82 Å². The molecule has 1 aliphatic carbocycles. The van der Waals surface area contributed by atoms with Crippen molar-refractivity contribution in [2.75, 3.05) is 38.2 Å². The Bertz CT molecular complexity index is 1080. The molecule has 1 saturated carbocycles. The fraction of sp³-hybridized carbons (Fsp3) is 0.520. The second-order valence-electron chi connectivity index (χ2n) is 9.65. The van der Waals surface area contributed by atoms with Gasteiger partial charge in [0.2, 0.25) is 0 Å². The minimum Gasteiger partial charge on any atom is -0.381 e. The number of ether oxygens (including phenoxy) is 1. The number of halogens is 1. The largest absolute Gasteiger partial charge is 0.381 e. The van der Waals surface area contributed by atoms with Crippen molar-refractivity contribution in [3.05, 3.63) is 41.5 Å². The number of nitrogens with one attached hydrogen (secondary N) is 1. The summed E-state index contributed by atoms with van der Waals surface area (Å²) in [6.07, 6.45) is 4.82. The Kier molecular flexibility index (Phi) is 5.57. The highest BCUT2D eigenvalue weighted by Gasteiger charge is 2.41. The number of nitrogens with zero attached hydrogens (tertiary/aromatic N) is 3. The Balaban J connectivity index is 1.13. The van der Waals surface area contributed by atoms with E-state index in [1.54, 1.807) is 23.5 Å². The smallest absolute Gasteiger partial charge is 0.166 e. The summed E-state index contributed by atoms with van der Waals surface area (Å²) in [5, 5.41) is 15.7. The van der Waals surface area contributed by atoms with Gasteiger partial charge in [-0.1, -0.05) is 12.1 Å². The summed E-state index contributed by atoms with van der Waals surface area (Å²) < 4.78 is 20.9. The second-order valence-corrected chi connectivity index (χ2v) is 10.6. The van der Waals surface area contributed by atoms with Crippen molar-refractivity contribution in [1.82, 2.24) is 15.1 Å². The van der Waals surface area contributed by atoms with Gasteiger partial charge in [0.1, 0.15) is 11.5 Å². The number of likely N-dealkylation sites (tertiary alicyclic amines) is 1. The monoisotopic (exact) mass is 452 g/mol. The van der Waals surface area contributed by atoms with Crippen molar-refractivity contribution in [2.45, 2.75) is 31.7 Å². The van der Waals surface area contributed by atoms with Crippen LogP contribution >= 0.6 is 11.3 Å². The predicted octanol–water partition coefficient (Wildman–Crippen LogP) is 5.05. The second kappa shape index (κ2) is 8.69. The molecule has 0 spiro atoms.